The first kappa shape index (κ1) is 20.4. The van der Waals surface area contributed by atoms with Crippen molar-refractivity contribution in [3.05, 3.63) is 71.1 Å². The Bertz CT molecular complexity index is 1000. The van der Waals surface area contributed by atoms with Gasteiger partial charge in [-0.05, 0) is 48.0 Å². The van der Waals surface area contributed by atoms with E-state index in [0.717, 1.165) is 18.2 Å². The number of rotatable bonds is 6. The number of hydrogen-bond acceptors (Lipinski definition) is 6. The van der Waals surface area contributed by atoms with Crippen LogP contribution in [-0.2, 0) is 16.1 Å². The highest BCUT2D eigenvalue weighted by Crippen LogP contribution is 2.23. The second-order valence-corrected chi connectivity index (χ2v) is 6.00. The highest BCUT2D eigenvalue weighted by molar-refractivity contribution is 6.30. The molecule has 1 aromatic heterocycles. The lowest BCUT2D eigenvalue weighted by Crippen LogP contribution is -2.16. The molecule has 0 N–H and O–H groups in total. The monoisotopic (exact) mass is 424 g/mol. The summed E-state index contributed by atoms with van der Waals surface area (Å²) >= 11 is 5.81. The molecule has 150 valence electrons. The summed E-state index contributed by atoms with van der Waals surface area (Å²) in [6, 6.07) is 11.8. The highest BCUT2D eigenvalue weighted by Gasteiger charge is 2.30. The molecule has 0 bridgehead atoms. The van der Waals surface area contributed by atoms with Crippen molar-refractivity contribution in [2.45, 2.75) is 13.0 Å². The maximum Gasteiger partial charge on any atom is 0.573 e. The Balaban J connectivity index is 1.51. The number of ether oxygens (including phenoxy) is 2. The van der Waals surface area contributed by atoms with Crippen LogP contribution in [0.5, 0.6) is 5.75 Å². The third-order valence-electron chi connectivity index (χ3n) is 3.42. The predicted molar refractivity (Wildman–Crippen MR) is 96.7 cm³/mol. The smallest absolute Gasteiger partial charge is 0.452 e. The molecule has 0 radical (unpaired) electrons. The van der Waals surface area contributed by atoms with Gasteiger partial charge < -0.3 is 13.9 Å². The van der Waals surface area contributed by atoms with Crippen molar-refractivity contribution < 1.29 is 31.9 Å². The van der Waals surface area contributed by atoms with Gasteiger partial charge >= 0.3 is 12.3 Å². The van der Waals surface area contributed by atoms with Crippen LogP contribution in [0.4, 0.5) is 13.2 Å². The summed E-state index contributed by atoms with van der Waals surface area (Å²) in [5, 5.41) is 8.21. The molecule has 6 nitrogen and oxygen atoms in total. The summed E-state index contributed by atoms with van der Waals surface area (Å²) in [7, 11) is 0. The van der Waals surface area contributed by atoms with Crippen LogP contribution in [0.15, 0.2) is 59.0 Å². The number of nitrogens with zero attached hydrogens (tertiary/aromatic N) is 2. The van der Waals surface area contributed by atoms with Gasteiger partial charge in [-0.15, -0.1) is 23.4 Å². The van der Waals surface area contributed by atoms with Gasteiger partial charge in [-0.3, -0.25) is 0 Å². The minimum Gasteiger partial charge on any atom is -0.452 e. The third kappa shape index (κ3) is 6.35. The summed E-state index contributed by atoms with van der Waals surface area (Å²) in [5.74, 6) is -0.688. The summed E-state index contributed by atoms with van der Waals surface area (Å²) in [4.78, 5) is 11.8. The van der Waals surface area contributed by atoms with Crippen molar-refractivity contribution in [1.82, 2.24) is 10.2 Å². The van der Waals surface area contributed by atoms with Gasteiger partial charge in [-0.2, -0.15) is 0 Å². The zero-order valence-electron chi connectivity index (χ0n) is 14.5. The quantitative estimate of drug-likeness (QED) is 0.407. The molecule has 3 rings (SSSR count). The molecule has 0 unspecified atom stereocenters. The van der Waals surface area contributed by atoms with Crippen LogP contribution < -0.4 is 4.74 Å². The van der Waals surface area contributed by atoms with Crippen molar-refractivity contribution in [3.63, 3.8) is 0 Å². The molecule has 0 amide bonds. The van der Waals surface area contributed by atoms with Gasteiger partial charge in [-0.25, -0.2) is 4.79 Å². The first-order valence-corrected chi connectivity index (χ1v) is 8.45. The van der Waals surface area contributed by atoms with E-state index in [1.54, 1.807) is 24.3 Å². The van der Waals surface area contributed by atoms with Crippen molar-refractivity contribution >= 4 is 23.6 Å². The number of benzene rings is 2. The molecule has 10 heteroatoms. The van der Waals surface area contributed by atoms with Crippen molar-refractivity contribution in [2.75, 3.05) is 0 Å². The Morgan fingerprint density at radius 1 is 1.07 bits per heavy atom. The van der Waals surface area contributed by atoms with Gasteiger partial charge in [0.2, 0.25) is 5.89 Å². The number of carbonyl (C=O) groups excluding carboxylic acids is 1. The van der Waals surface area contributed by atoms with E-state index in [9.17, 15) is 18.0 Å². The fraction of sp³-hybridized carbons (Fsp3) is 0.105. The topological polar surface area (TPSA) is 74.5 Å². The van der Waals surface area contributed by atoms with Crippen molar-refractivity contribution in [2.24, 2.45) is 0 Å². The van der Waals surface area contributed by atoms with Gasteiger partial charge in [0.15, 0.2) is 6.61 Å². The fourth-order valence-electron chi connectivity index (χ4n) is 2.15. The summed E-state index contributed by atoms with van der Waals surface area (Å²) in [6.45, 7) is -0.234. The molecule has 0 spiro atoms. The van der Waals surface area contributed by atoms with Crippen LogP contribution in [0, 0.1) is 0 Å². The average molecular weight is 425 g/mol. The van der Waals surface area contributed by atoms with Gasteiger partial charge in [0, 0.05) is 16.7 Å². The minimum atomic E-state index is -4.76. The van der Waals surface area contributed by atoms with E-state index in [1.807, 2.05) is 0 Å². The van der Waals surface area contributed by atoms with Crippen molar-refractivity contribution in [3.8, 4) is 17.2 Å². The van der Waals surface area contributed by atoms with Crippen LogP contribution >= 0.6 is 11.6 Å². The zero-order chi connectivity index (χ0) is 20.9. The molecule has 0 aliphatic carbocycles. The van der Waals surface area contributed by atoms with E-state index in [2.05, 4.69) is 14.9 Å². The predicted octanol–water partition coefficient (Wildman–Crippen LogP) is 5.05. The average Bonchev–Trinajstić information content (AvgIpc) is 3.14. The van der Waals surface area contributed by atoms with Gasteiger partial charge in [0.1, 0.15) is 5.75 Å². The van der Waals surface area contributed by atoms with Crippen LogP contribution in [0.2, 0.25) is 5.02 Å². The molecule has 0 fully saturated rings. The molecule has 2 aromatic carbocycles. The molecule has 0 saturated heterocycles. The molecule has 1 heterocycles. The SMILES string of the molecule is O=C(/C=C/c1ccc(OC(F)(F)F)cc1)OCc1nnc(-c2ccc(Cl)cc2)o1. The maximum atomic E-state index is 12.1. The van der Waals surface area contributed by atoms with E-state index in [4.69, 9.17) is 20.8 Å². The Hall–Kier alpha value is -3.33. The van der Waals surface area contributed by atoms with Crippen molar-refractivity contribution in [1.29, 1.82) is 0 Å². The number of hydrogen-bond donors (Lipinski definition) is 0. The number of esters is 1. The van der Waals surface area contributed by atoms with E-state index in [1.165, 1.54) is 18.2 Å². The van der Waals surface area contributed by atoms with E-state index in [-0.39, 0.29) is 24.1 Å². The molecule has 29 heavy (non-hydrogen) atoms. The molecule has 0 atom stereocenters. The number of aromatic nitrogens is 2. The van der Waals surface area contributed by atoms with Gasteiger partial charge in [0.05, 0.1) is 0 Å². The summed E-state index contributed by atoms with van der Waals surface area (Å²) in [6.07, 6.45) is -2.26. The summed E-state index contributed by atoms with van der Waals surface area (Å²) < 4.78 is 50.5. The van der Waals surface area contributed by atoms with E-state index in [0.29, 0.717) is 16.1 Å². The second-order valence-electron chi connectivity index (χ2n) is 5.57. The van der Waals surface area contributed by atoms with Crippen LogP contribution in [0.25, 0.3) is 17.5 Å². The van der Waals surface area contributed by atoms with Crippen LogP contribution in [0.3, 0.4) is 0 Å². The Labute approximate surface area is 167 Å². The van der Waals surface area contributed by atoms with E-state index >= 15 is 0 Å². The highest BCUT2D eigenvalue weighted by atomic mass is 35.5. The fourth-order valence-corrected chi connectivity index (χ4v) is 2.27. The lowest BCUT2D eigenvalue weighted by molar-refractivity contribution is -0.274. The zero-order valence-corrected chi connectivity index (χ0v) is 15.3. The first-order valence-electron chi connectivity index (χ1n) is 8.07. The van der Waals surface area contributed by atoms with Gasteiger partial charge in [0.25, 0.3) is 5.89 Å². The second kappa shape index (κ2) is 8.78. The normalized spacial score (nSPS) is 11.6. The van der Waals surface area contributed by atoms with E-state index < -0.39 is 12.3 Å². The Morgan fingerprint density at radius 3 is 2.41 bits per heavy atom. The molecule has 0 saturated carbocycles. The largest absolute Gasteiger partial charge is 0.573 e. The first-order chi connectivity index (χ1) is 13.8. The number of halogens is 4. The van der Waals surface area contributed by atoms with Gasteiger partial charge in [-0.1, -0.05) is 23.7 Å². The lowest BCUT2D eigenvalue weighted by atomic mass is 10.2. The maximum absolute atomic E-state index is 12.1. The number of carbonyl (C=O) groups is 1. The minimum absolute atomic E-state index is 0.102. The number of alkyl halides is 3. The molecule has 0 aliphatic rings. The molecule has 0 aliphatic heterocycles. The Kier molecular flexibility index (Phi) is 6.18. The summed E-state index contributed by atoms with van der Waals surface area (Å²) in [5.41, 5.74) is 1.15. The van der Waals surface area contributed by atoms with Crippen LogP contribution in [-0.4, -0.2) is 22.5 Å². The third-order valence-corrected chi connectivity index (χ3v) is 3.67. The standard InChI is InChI=1S/C19H12ClF3N2O4/c20-14-6-4-13(5-7-14)18-25-24-16(28-18)11-27-17(26)10-3-12-1-8-15(9-2-12)29-19(21,22)23/h1-10H,11H2/b10-3+. The molecule has 3 aromatic rings. The Morgan fingerprint density at radius 2 is 1.76 bits per heavy atom. The van der Waals surface area contributed by atoms with Crippen LogP contribution in [0.1, 0.15) is 11.5 Å². The lowest BCUT2D eigenvalue weighted by Gasteiger charge is -2.08. The molecular weight excluding hydrogens is 413 g/mol. The molecular formula is C19H12ClF3N2O4.